The van der Waals surface area contributed by atoms with Crippen molar-refractivity contribution in [2.45, 2.75) is 38.0 Å². The summed E-state index contributed by atoms with van der Waals surface area (Å²) in [6, 6.07) is 10.1. The maximum atomic E-state index is 12.4. The molecule has 0 aliphatic heterocycles. The van der Waals surface area contributed by atoms with Gasteiger partial charge in [0.05, 0.1) is 5.41 Å². The number of rotatable bonds is 7. The van der Waals surface area contributed by atoms with Gasteiger partial charge in [-0.1, -0.05) is 43.7 Å². The zero-order chi connectivity index (χ0) is 13.7. The van der Waals surface area contributed by atoms with E-state index in [2.05, 4.69) is 24.4 Å². The van der Waals surface area contributed by atoms with Gasteiger partial charge in [-0.25, -0.2) is 0 Å². The van der Waals surface area contributed by atoms with Crippen LogP contribution < -0.4 is 5.32 Å². The smallest absolute Gasteiger partial charge is 0.230 e. The molecule has 0 heterocycles. The molecule has 104 valence electrons. The Morgan fingerprint density at radius 2 is 2.05 bits per heavy atom. The first kappa shape index (κ1) is 14.4. The molecule has 1 aliphatic rings. The molecule has 1 atom stereocenters. The van der Waals surface area contributed by atoms with Gasteiger partial charge in [-0.3, -0.25) is 4.79 Å². The molecule has 1 N–H and O–H groups in total. The maximum Gasteiger partial charge on any atom is 0.230 e. The second-order valence-electron chi connectivity index (χ2n) is 5.41. The van der Waals surface area contributed by atoms with Gasteiger partial charge in [0, 0.05) is 12.4 Å². The summed E-state index contributed by atoms with van der Waals surface area (Å²) in [6.07, 6.45) is 3.96. The lowest BCUT2D eigenvalue weighted by Gasteiger charge is -2.19. The lowest BCUT2D eigenvalue weighted by Crippen LogP contribution is -2.37. The topological polar surface area (TPSA) is 29.1 Å². The third-order valence-electron chi connectivity index (χ3n) is 4.16. The minimum Gasteiger partial charge on any atom is -0.355 e. The number of halogens is 1. The molecule has 1 aromatic carbocycles. The Morgan fingerprint density at radius 3 is 2.58 bits per heavy atom. The second kappa shape index (κ2) is 6.42. The third-order valence-corrected chi connectivity index (χ3v) is 4.38. The van der Waals surface area contributed by atoms with Crippen LogP contribution in [0.3, 0.4) is 0 Å². The van der Waals surface area contributed by atoms with Gasteiger partial charge in [0.25, 0.3) is 0 Å². The molecule has 1 aliphatic carbocycles. The number of benzene rings is 1. The number of hydrogen-bond donors (Lipinski definition) is 1. The van der Waals surface area contributed by atoms with Crippen molar-refractivity contribution in [3.63, 3.8) is 0 Å². The minimum atomic E-state index is -0.249. The van der Waals surface area contributed by atoms with Crippen molar-refractivity contribution in [1.82, 2.24) is 5.32 Å². The number of amides is 1. The van der Waals surface area contributed by atoms with E-state index in [1.54, 1.807) is 0 Å². The largest absolute Gasteiger partial charge is 0.355 e. The summed E-state index contributed by atoms with van der Waals surface area (Å²) in [5.74, 6) is 1.35. The molecule has 1 saturated carbocycles. The summed E-state index contributed by atoms with van der Waals surface area (Å²) < 4.78 is 0. The van der Waals surface area contributed by atoms with E-state index in [1.807, 2.05) is 18.2 Å². The van der Waals surface area contributed by atoms with E-state index >= 15 is 0 Å². The normalized spacial score (nSPS) is 17.8. The first-order valence-corrected chi connectivity index (χ1v) is 7.66. The van der Waals surface area contributed by atoms with Crippen molar-refractivity contribution in [2.75, 3.05) is 12.4 Å². The Kier molecular flexibility index (Phi) is 4.87. The van der Waals surface area contributed by atoms with Crippen molar-refractivity contribution >= 4 is 17.5 Å². The fourth-order valence-corrected chi connectivity index (χ4v) is 2.85. The third kappa shape index (κ3) is 3.30. The van der Waals surface area contributed by atoms with E-state index in [-0.39, 0.29) is 11.3 Å². The van der Waals surface area contributed by atoms with Gasteiger partial charge in [0.15, 0.2) is 0 Å². The van der Waals surface area contributed by atoms with Crippen molar-refractivity contribution < 1.29 is 4.79 Å². The fourth-order valence-electron chi connectivity index (χ4n) is 2.54. The van der Waals surface area contributed by atoms with Gasteiger partial charge < -0.3 is 5.32 Å². The van der Waals surface area contributed by atoms with E-state index in [4.69, 9.17) is 11.6 Å². The van der Waals surface area contributed by atoms with Crippen LogP contribution in [0.1, 0.15) is 38.2 Å². The van der Waals surface area contributed by atoms with Crippen LogP contribution in [0, 0.1) is 5.92 Å². The summed E-state index contributed by atoms with van der Waals surface area (Å²) in [5, 5.41) is 3.12. The first-order chi connectivity index (χ1) is 9.23. The van der Waals surface area contributed by atoms with Gasteiger partial charge in [0.1, 0.15) is 0 Å². The summed E-state index contributed by atoms with van der Waals surface area (Å²) in [6.45, 7) is 2.89. The van der Waals surface area contributed by atoms with Crippen LogP contribution in [0.15, 0.2) is 30.3 Å². The summed E-state index contributed by atoms with van der Waals surface area (Å²) in [4.78, 5) is 12.4. The lowest BCUT2D eigenvalue weighted by atomic mass is 9.94. The molecule has 2 rings (SSSR count). The Balaban J connectivity index is 1.93. The monoisotopic (exact) mass is 279 g/mol. The summed E-state index contributed by atoms with van der Waals surface area (Å²) in [7, 11) is 0. The lowest BCUT2D eigenvalue weighted by molar-refractivity contribution is -0.123. The zero-order valence-corrected chi connectivity index (χ0v) is 12.2. The molecular formula is C16H22ClNO. The number of carbonyl (C=O) groups excluding carboxylic acids is 1. The predicted molar refractivity (Wildman–Crippen MR) is 79.5 cm³/mol. The zero-order valence-electron chi connectivity index (χ0n) is 11.5. The van der Waals surface area contributed by atoms with Gasteiger partial charge in [-0.15, -0.1) is 11.6 Å². The predicted octanol–water partition coefficient (Wildman–Crippen LogP) is 3.49. The van der Waals surface area contributed by atoms with Crippen LogP contribution >= 0.6 is 11.6 Å². The molecular weight excluding hydrogens is 258 g/mol. The van der Waals surface area contributed by atoms with E-state index in [9.17, 15) is 4.79 Å². The Bertz CT molecular complexity index is 414. The van der Waals surface area contributed by atoms with Crippen LogP contribution in [0.4, 0.5) is 0 Å². The molecule has 1 amide bonds. The first-order valence-electron chi connectivity index (χ1n) is 7.12. The van der Waals surface area contributed by atoms with Crippen molar-refractivity contribution in [1.29, 1.82) is 0 Å². The van der Waals surface area contributed by atoms with E-state index < -0.39 is 0 Å². The summed E-state index contributed by atoms with van der Waals surface area (Å²) in [5.41, 5.74) is 0.901. The van der Waals surface area contributed by atoms with Gasteiger partial charge in [-0.2, -0.15) is 0 Å². The second-order valence-corrected chi connectivity index (χ2v) is 5.79. The van der Waals surface area contributed by atoms with Gasteiger partial charge in [0.2, 0.25) is 5.91 Å². The van der Waals surface area contributed by atoms with Crippen molar-refractivity contribution in [2.24, 2.45) is 5.92 Å². The molecule has 3 heteroatoms. The average molecular weight is 280 g/mol. The van der Waals surface area contributed by atoms with E-state index in [1.165, 1.54) is 0 Å². The van der Waals surface area contributed by atoms with E-state index in [0.29, 0.717) is 11.8 Å². The van der Waals surface area contributed by atoms with Gasteiger partial charge >= 0.3 is 0 Å². The summed E-state index contributed by atoms with van der Waals surface area (Å²) >= 11 is 5.78. The number of nitrogens with one attached hydrogen (secondary N) is 1. The van der Waals surface area contributed by atoms with Crippen LogP contribution in [0.5, 0.6) is 0 Å². The molecule has 1 unspecified atom stereocenters. The van der Waals surface area contributed by atoms with Crippen LogP contribution in [-0.2, 0) is 10.2 Å². The van der Waals surface area contributed by atoms with E-state index in [0.717, 1.165) is 37.8 Å². The molecule has 2 nitrogen and oxygen atoms in total. The quantitative estimate of drug-likeness (QED) is 0.761. The highest BCUT2D eigenvalue weighted by Gasteiger charge is 2.50. The number of hydrogen-bond acceptors (Lipinski definition) is 1. The molecule has 0 aromatic heterocycles. The Hall–Kier alpha value is -1.02. The average Bonchev–Trinajstić information content (AvgIpc) is 3.26. The van der Waals surface area contributed by atoms with Crippen LogP contribution in [-0.4, -0.2) is 18.3 Å². The maximum absolute atomic E-state index is 12.4. The van der Waals surface area contributed by atoms with Crippen molar-refractivity contribution in [3.05, 3.63) is 35.9 Å². The molecule has 19 heavy (non-hydrogen) atoms. The number of alkyl halides is 1. The Morgan fingerprint density at radius 1 is 1.37 bits per heavy atom. The standard InChI is InChI=1S/C16H22ClNO/c1-2-13(8-11-17)12-18-15(19)16(9-10-16)14-6-4-3-5-7-14/h3-7,13H,2,8-12H2,1H3,(H,18,19). The molecule has 1 fully saturated rings. The minimum absolute atomic E-state index is 0.187. The van der Waals surface area contributed by atoms with Crippen LogP contribution in [0.25, 0.3) is 0 Å². The highest BCUT2D eigenvalue weighted by atomic mass is 35.5. The fraction of sp³-hybridized carbons (Fsp3) is 0.562. The molecule has 0 saturated heterocycles. The van der Waals surface area contributed by atoms with Crippen LogP contribution in [0.2, 0.25) is 0 Å². The van der Waals surface area contributed by atoms with Gasteiger partial charge in [-0.05, 0) is 30.7 Å². The molecule has 0 bridgehead atoms. The van der Waals surface area contributed by atoms with Crippen molar-refractivity contribution in [3.8, 4) is 0 Å². The highest BCUT2D eigenvalue weighted by molar-refractivity contribution is 6.17. The highest BCUT2D eigenvalue weighted by Crippen LogP contribution is 2.48. The molecule has 1 aromatic rings. The molecule has 0 spiro atoms. The SMILES string of the molecule is CCC(CCCl)CNC(=O)C1(c2ccccc2)CC1. The molecule has 0 radical (unpaired) electrons. The Labute approximate surface area is 120 Å². The number of carbonyl (C=O) groups is 1.